The molecule has 1 fully saturated rings. The van der Waals surface area contributed by atoms with E-state index in [-0.39, 0.29) is 24.8 Å². The SMILES string of the molecule is NC(Cc1ccccn1)C(=O)NC(CC1CCNC1=O)C(=O)COc1c(F)c(F)cc(F)c1F. The molecule has 1 aliphatic heterocycles. The lowest BCUT2D eigenvalue weighted by molar-refractivity contribution is -0.131. The Kier molecular flexibility index (Phi) is 8.16. The number of hydrogen-bond donors (Lipinski definition) is 3. The Morgan fingerprint density at radius 2 is 1.91 bits per heavy atom. The first-order valence-corrected chi connectivity index (χ1v) is 10.4. The monoisotopic (exact) mass is 482 g/mol. The number of carbonyl (C=O) groups excluding carboxylic acids is 3. The second-order valence-electron chi connectivity index (χ2n) is 7.76. The second-order valence-corrected chi connectivity index (χ2v) is 7.76. The van der Waals surface area contributed by atoms with Crippen molar-refractivity contribution in [3.05, 3.63) is 59.4 Å². The van der Waals surface area contributed by atoms with Gasteiger partial charge in [0.1, 0.15) is 6.61 Å². The molecule has 12 heteroatoms. The van der Waals surface area contributed by atoms with Crippen molar-refractivity contribution in [2.75, 3.05) is 13.2 Å². The number of Topliss-reactive ketones (excluding diaryl/α,β-unsaturated/α-hetero) is 1. The van der Waals surface area contributed by atoms with Gasteiger partial charge >= 0.3 is 0 Å². The number of nitrogens with zero attached hydrogens (tertiary/aromatic N) is 1. The molecule has 0 bridgehead atoms. The molecule has 3 atom stereocenters. The minimum Gasteiger partial charge on any atom is -0.479 e. The van der Waals surface area contributed by atoms with Gasteiger partial charge in [-0.05, 0) is 25.0 Å². The van der Waals surface area contributed by atoms with Gasteiger partial charge in [-0.3, -0.25) is 19.4 Å². The molecule has 1 aromatic carbocycles. The molecule has 0 saturated carbocycles. The van der Waals surface area contributed by atoms with Gasteiger partial charge in [-0.1, -0.05) is 6.07 Å². The Morgan fingerprint density at radius 3 is 2.50 bits per heavy atom. The van der Waals surface area contributed by atoms with Crippen molar-refractivity contribution in [2.45, 2.75) is 31.3 Å². The van der Waals surface area contributed by atoms with Crippen LogP contribution in [0, 0.1) is 29.2 Å². The number of ketones is 1. The summed E-state index contributed by atoms with van der Waals surface area (Å²) < 4.78 is 59.2. The molecule has 1 aliphatic rings. The average molecular weight is 482 g/mol. The Hall–Kier alpha value is -3.54. The Morgan fingerprint density at radius 1 is 1.21 bits per heavy atom. The third-order valence-electron chi connectivity index (χ3n) is 5.31. The fraction of sp³-hybridized carbons (Fsp3) is 0.364. The topological polar surface area (TPSA) is 123 Å². The summed E-state index contributed by atoms with van der Waals surface area (Å²) in [4.78, 5) is 41.4. The summed E-state index contributed by atoms with van der Waals surface area (Å²) in [6.45, 7) is -0.640. The molecule has 3 rings (SSSR count). The molecular weight excluding hydrogens is 460 g/mol. The van der Waals surface area contributed by atoms with Crippen molar-refractivity contribution in [3.8, 4) is 5.75 Å². The van der Waals surface area contributed by atoms with Gasteiger partial charge in [-0.2, -0.15) is 8.78 Å². The largest absolute Gasteiger partial charge is 0.479 e. The number of benzene rings is 1. The molecule has 4 N–H and O–H groups in total. The summed E-state index contributed by atoms with van der Waals surface area (Å²) in [6, 6.07) is 2.67. The molecule has 0 aliphatic carbocycles. The summed E-state index contributed by atoms with van der Waals surface area (Å²) in [7, 11) is 0. The smallest absolute Gasteiger partial charge is 0.237 e. The number of carbonyl (C=O) groups is 3. The molecule has 34 heavy (non-hydrogen) atoms. The van der Waals surface area contributed by atoms with Crippen molar-refractivity contribution in [2.24, 2.45) is 11.7 Å². The van der Waals surface area contributed by atoms with Crippen molar-refractivity contribution < 1.29 is 36.7 Å². The summed E-state index contributed by atoms with van der Waals surface area (Å²) in [5, 5.41) is 5.03. The van der Waals surface area contributed by atoms with Crippen LogP contribution in [-0.4, -0.2) is 47.8 Å². The maximum absolute atomic E-state index is 13.8. The van der Waals surface area contributed by atoms with Crippen LogP contribution in [0.3, 0.4) is 0 Å². The van der Waals surface area contributed by atoms with Crippen LogP contribution in [0.5, 0.6) is 5.75 Å². The zero-order valence-corrected chi connectivity index (χ0v) is 17.8. The summed E-state index contributed by atoms with van der Waals surface area (Å²) in [5.74, 6) is -10.9. The van der Waals surface area contributed by atoms with Gasteiger partial charge in [0.2, 0.25) is 23.4 Å². The first-order chi connectivity index (χ1) is 16.2. The minimum absolute atomic E-state index is 0.00403. The highest BCUT2D eigenvalue weighted by atomic mass is 19.2. The van der Waals surface area contributed by atoms with Crippen LogP contribution in [0.25, 0.3) is 0 Å². The first-order valence-electron chi connectivity index (χ1n) is 10.4. The lowest BCUT2D eigenvalue weighted by Gasteiger charge is -2.22. The number of nitrogens with one attached hydrogen (secondary N) is 2. The van der Waals surface area contributed by atoms with E-state index in [1.807, 2.05) is 0 Å². The summed E-state index contributed by atoms with van der Waals surface area (Å²) in [6.07, 6.45) is 1.86. The van der Waals surface area contributed by atoms with Gasteiger partial charge in [0, 0.05) is 36.8 Å². The van der Waals surface area contributed by atoms with E-state index in [0.717, 1.165) is 0 Å². The van der Waals surface area contributed by atoms with E-state index < -0.39 is 65.3 Å². The Labute approximate surface area is 191 Å². The highest BCUT2D eigenvalue weighted by molar-refractivity contribution is 5.92. The number of pyridine rings is 1. The second kappa shape index (κ2) is 11.1. The van der Waals surface area contributed by atoms with Crippen LogP contribution < -0.4 is 21.1 Å². The molecule has 1 saturated heterocycles. The summed E-state index contributed by atoms with van der Waals surface area (Å²) >= 11 is 0. The van der Waals surface area contributed by atoms with Gasteiger partial charge in [0.05, 0.1) is 12.1 Å². The Bertz CT molecular complexity index is 1040. The predicted molar refractivity (Wildman–Crippen MR) is 110 cm³/mol. The Balaban J connectivity index is 1.71. The minimum atomic E-state index is -1.81. The van der Waals surface area contributed by atoms with Crippen molar-refractivity contribution in [3.63, 3.8) is 0 Å². The van der Waals surface area contributed by atoms with Crippen LogP contribution >= 0.6 is 0 Å². The first kappa shape index (κ1) is 25.1. The highest BCUT2D eigenvalue weighted by Crippen LogP contribution is 2.26. The van der Waals surface area contributed by atoms with E-state index in [1.54, 1.807) is 18.2 Å². The molecule has 2 amide bonds. The number of halogens is 4. The predicted octanol–water partition coefficient (Wildman–Crippen LogP) is 1.17. The van der Waals surface area contributed by atoms with E-state index in [9.17, 15) is 31.9 Å². The van der Waals surface area contributed by atoms with Crippen LogP contribution in [-0.2, 0) is 20.8 Å². The van der Waals surface area contributed by atoms with Crippen molar-refractivity contribution in [1.29, 1.82) is 0 Å². The summed E-state index contributed by atoms with van der Waals surface area (Å²) in [5.41, 5.74) is 6.45. The fourth-order valence-corrected chi connectivity index (χ4v) is 3.46. The molecule has 1 aromatic heterocycles. The quantitative estimate of drug-likeness (QED) is 0.345. The van der Waals surface area contributed by atoms with Gasteiger partial charge in [-0.25, -0.2) is 8.78 Å². The van der Waals surface area contributed by atoms with Crippen LogP contribution in [0.2, 0.25) is 0 Å². The number of rotatable bonds is 10. The van der Waals surface area contributed by atoms with E-state index in [2.05, 4.69) is 15.6 Å². The van der Waals surface area contributed by atoms with E-state index in [4.69, 9.17) is 10.5 Å². The third kappa shape index (κ3) is 6.07. The third-order valence-corrected chi connectivity index (χ3v) is 5.31. The van der Waals surface area contributed by atoms with Crippen LogP contribution in [0.1, 0.15) is 18.5 Å². The van der Waals surface area contributed by atoms with Gasteiger partial charge in [-0.15, -0.1) is 0 Å². The number of hydrogen-bond acceptors (Lipinski definition) is 6. The fourth-order valence-electron chi connectivity index (χ4n) is 3.46. The molecule has 182 valence electrons. The number of ether oxygens (including phenoxy) is 1. The molecular formula is C22H22F4N4O4. The zero-order chi connectivity index (χ0) is 24.8. The standard InChI is InChI=1S/C22H22F4N4O4/c23-13-9-14(24)19(26)20(18(13)25)34-10-17(31)16(7-11-4-6-29-21(11)32)30-22(33)15(27)8-12-3-1-2-5-28-12/h1-3,5,9,11,15-16H,4,6-8,10,27H2,(H,29,32)(H,30,33). The van der Waals surface area contributed by atoms with Gasteiger partial charge < -0.3 is 21.1 Å². The molecule has 0 radical (unpaired) electrons. The molecule has 8 nitrogen and oxygen atoms in total. The number of nitrogens with two attached hydrogens (primary N) is 1. The number of aromatic nitrogens is 1. The van der Waals surface area contributed by atoms with Crippen molar-refractivity contribution in [1.82, 2.24) is 15.6 Å². The maximum atomic E-state index is 13.8. The van der Waals surface area contributed by atoms with Gasteiger partial charge in [0.25, 0.3) is 0 Å². The maximum Gasteiger partial charge on any atom is 0.237 e. The van der Waals surface area contributed by atoms with Crippen molar-refractivity contribution >= 4 is 17.6 Å². The lowest BCUT2D eigenvalue weighted by atomic mass is 9.95. The van der Waals surface area contributed by atoms with E-state index in [0.29, 0.717) is 18.7 Å². The van der Waals surface area contributed by atoms with E-state index in [1.165, 1.54) is 6.20 Å². The zero-order valence-electron chi connectivity index (χ0n) is 17.8. The lowest BCUT2D eigenvalue weighted by Crippen LogP contribution is -2.51. The molecule has 2 aromatic rings. The molecule has 3 unspecified atom stereocenters. The number of amides is 2. The average Bonchev–Trinajstić information content (AvgIpc) is 3.22. The normalized spacial score (nSPS) is 17.1. The molecule has 2 heterocycles. The van der Waals surface area contributed by atoms with E-state index >= 15 is 0 Å². The molecule has 0 spiro atoms. The van der Waals surface area contributed by atoms with Crippen LogP contribution in [0.15, 0.2) is 30.5 Å². The highest BCUT2D eigenvalue weighted by Gasteiger charge is 2.33. The van der Waals surface area contributed by atoms with Gasteiger partial charge in [0.15, 0.2) is 23.2 Å². The van der Waals surface area contributed by atoms with Crippen LogP contribution in [0.4, 0.5) is 17.6 Å².